The second-order valence-corrected chi connectivity index (χ2v) is 4.72. The second kappa shape index (κ2) is 5.70. The summed E-state index contributed by atoms with van der Waals surface area (Å²) in [4.78, 5) is 4.29. The molecule has 2 nitrogen and oxygen atoms in total. The van der Waals surface area contributed by atoms with E-state index in [1.54, 1.807) is 0 Å². The van der Waals surface area contributed by atoms with Gasteiger partial charge in [0, 0.05) is 19.7 Å². The molecule has 0 unspecified atom stereocenters. The molecule has 0 bridgehead atoms. The first-order valence-electron chi connectivity index (χ1n) is 6.48. The topological polar surface area (TPSA) is 24.4 Å². The number of nitrogens with one attached hydrogen (secondary N) is 1. The third-order valence-corrected chi connectivity index (χ3v) is 3.34. The van der Waals surface area contributed by atoms with E-state index in [-0.39, 0.29) is 0 Å². The minimum absolute atomic E-state index is 0.923. The van der Waals surface area contributed by atoms with Crippen molar-refractivity contribution in [3.8, 4) is 11.1 Å². The van der Waals surface area contributed by atoms with Gasteiger partial charge in [0.15, 0.2) is 0 Å². The quantitative estimate of drug-likeness (QED) is 0.641. The predicted molar refractivity (Wildman–Crippen MR) is 82.9 cm³/mol. The highest BCUT2D eigenvalue weighted by Crippen LogP contribution is 2.23. The third kappa shape index (κ3) is 2.84. The highest BCUT2D eigenvalue weighted by molar-refractivity contribution is 6.00. The van der Waals surface area contributed by atoms with Crippen LogP contribution in [0, 0.1) is 13.8 Å². The van der Waals surface area contributed by atoms with Crippen molar-refractivity contribution in [2.45, 2.75) is 13.8 Å². The molecule has 0 aliphatic heterocycles. The molecular weight excluding hydrogens is 232 g/mol. The van der Waals surface area contributed by atoms with Gasteiger partial charge in [0.2, 0.25) is 0 Å². The molecule has 0 amide bonds. The standard InChI is InChI=1S/C17H20N2/c1-12-5-8-14(9-6-12)15-10-7-13(2)16(11-15)17(18-3)19-4/h5-11H,1-4H3,(H,18,19). The molecule has 0 aromatic heterocycles. The lowest BCUT2D eigenvalue weighted by Crippen LogP contribution is -2.20. The maximum Gasteiger partial charge on any atom is 0.128 e. The van der Waals surface area contributed by atoms with Crippen molar-refractivity contribution in [3.05, 3.63) is 59.2 Å². The summed E-state index contributed by atoms with van der Waals surface area (Å²) in [5.74, 6) is 0.923. The molecule has 98 valence electrons. The largest absolute Gasteiger partial charge is 0.373 e. The number of aryl methyl sites for hydroxylation is 2. The van der Waals surface area contributed by atoms with Crippen LogP contribution in [0.25, 0.3) is 11.1 Å². The molecule has 0 aliphatic carbocycles. The lowest BCUT2D eigenvalue weighted by Gasteiger charge is -2.11. The van der Waals surface area contributed by atoms with Crippen LogP contribution >= 0.6 is 0 Å². The minimum atomic E-state index is 0.923. The fourth-order valence-electron chi connectivity index (χ4n) is 2.17. The first-order chi connectivity index (χ1) is 9.15. The van der Waals surface area contributed by atoms with E-state index < -0.39 is 0 Å². The summed E-state index contributed by atoms with van der Waals surface area (Å²) in [6.07, 6.45) is 0. The number of amidine groups is 1. The van der Waals surface area contributed by atoms with E-state index in [9.17, 15) is 0 Å². The first-order valence-corrected chi connectivity index (χ1v) is 6.48. The molecule has 0 saturated carbocycles. The van der Waals surface area contributed by atoms with Crippen LogP contribution in [0.3, 0.4) is 0 Å². The minimum Gasteiger partial charge on any atom is -0.373 e. The fraction of sp³-hybridized carbons (Fsp3) is 0.235. The molecule has 1 N–H and O–H groups in total. The Morgan fingerprint density at radius 2 is 1.58 bits per heavy atom. The normalized spacial score (nSPS) is 11.5. The van der Waals surface area contributed by atoms with Crippen LogP contribution in [0.1, 0.15) is 16.7 Å². The van der Waals surface area contributed by atoms with Crippen LogP contribution in [0.4, 0.5) is 0 Å². The molecule has 0 heterocycles. The number of hydrogen-bond donors (Lipinski definition) is 1. The van der Waals surface area contributed by atoms with Gasteiger partial charge in [0.05, 0.1) is 0 Å². The van der Waals surface area contributed by atoms with Gasteiger partial charge in [-0.05, 0) is 36.6 Å². The number of nitrogens with zero attached hydrogens (tertiary/aromatic N) is 1. The van der Waals surface area contributed by atoms with Crippen LogP contribution < -0.4 is 5.32 Å². The maximum absolute atomic E-state index is 4.29. The van der Waals surface area contributed by atoms with E-state index in [0.29, 0.717) is 0 Å². The molecule has 0 fully saturated rings. The van der Waals surface area contributed by atoms with Gasteiger partial charge in [0.25, 0.3) is 0 Å². The van der Waals surface area contributed by atoms with Gasteiger partial charge in [-0.25, -0.2) is 0 Å². The van der Waals surface area contributed by atoms with Crippen LogP contribution in [0.15, 0.2) is 47.5 Å². The SMILES string of the molecule is CN=C(NC)c1cc(-c2ccc(C)cc2)ccc1C. The maximum atomic E-state index is 4.29. The fourth-order valence-corrected chi connectivity index (χ4v) is 2.17. The van der Waals surface area contributed by atoms with Crippen LogP contribution in [-0.4, -0.2) is 19.9 Å². The smallest absolute Gasteiger partial charge is 0.128 e. The molecule has 0 spiro atoms. The van der Waals surface area contributed by atoms with Gasteiger partial charge in [0.1, 0.15) is 5.84 Å². The highest BCUT2D eigenvalue weighted by atomic mass is 14.9. The molecule has 2 rings (SSSR count). The van der Waals surface area contributed by atoms with Gasteiger partial charge in [-0.1, -0.05) is 42.0 Å². The Balaban J connectivity index is 2.49. The summed E-state index contributed by atoms with van der Waals surface area (Å²) in [6, 6.07) is 15.1. The molecule has 0 atom stereocenters. The summed E-state index contributed by atoms with van der Waals surface area (Å²) in [6.45, 7) is 4.21. The van der Waals surface area contributed by atoms with Crippen LogP contribution in [0.5, 0.6) is 0 Å². The zero-order valence-electron chi connectivity index (χ0n) is 12.0. The Bertz CT molecular complexity index is 595. The van der Waals surface area contributed by atoms with Gasteiger partial charge < -0.3 is 5.32 Å². The average molecular weight is 252 g/mol. The average Bonchev–Trinajstić information content (AvgIpc) is 2.43. The van der Waals surface area contributed by atoms with Crippen LogP contribution in [0.2, 0.25) is 0 Å². The predicted octanol–water partition coefficient (Wildman–Crippen LogP) is 3.57. The summed E-state index contributed by atoms with van der Waals surface area (Å²) in [5.41, 5.74) is 6.12. The van der Waals surface area contributed by atoms with Crippen molar-refractivity contribution in [3.63, 3.8) is 0 Å². The number of aliphatic imine (C=N–C) groups is 1. The van der Waals surface area contributed by atoms with E-state index in [1.807, 2.05) is 14.1 Å². The van der Waals surface area contributed by atoms with Gasteiger partial charge in [-0.15, -0.1) is 0 Å². The molecule has 2 heteroatoms. The lowest BCUT2D eigenvalue weighted by molar-refractivity contribution is 1.14. The molecular formula is C17H20N2. The molecule has 19 heavy (non-hydrogen) atoms. The number of hydrogen-bond acceptors (Lipinski definition) is 1. The van der Waals surface area contributed by atoms with E-state index >= 15 is 0 Å². The Morgan fingerprint density at radius 3 is 2.16 bits per heavy atom. The Morgan fingerprint density at radius 1 is 0.947 bits per heavy atom. The van der Waals surface area contributed by atoms with E-state index in [1.165, 1.54) is 22.3 Å². The lowest BCUT2D eigenvalue weighted by atomic mass is 9.98. The Hall–Kier alpha value is -2.09. The monoisotopic (exact) mass is 252 g/mol. The zero-order valence-corrected chi connectivity index (χ0v) is 12.0. The van der Waals surface area contributed by atoms with Crippen molar-refractivity contribution in [2.75, 3.05) is 14.1 Å². The summed E-state index contributed by atoms with van der Waals surface area (Å²) >= 11 is 0. The Labute approximate surface area is 115 Å². The second-order valence-electron chi connectivity index (χ2n) is 4.72. The summed E-state index contributed by atoms with van der Waals surface area (Å²) in [7, 11) is 3.71. The molecule has 0 saturated heterocycles. The third-order valence-electron chi connectivity index (χ3n) is 3.34. The van der Waals surface area contributed by atoms with Crippen LogP contribution in [-0.2, 0) is 0 Å². The van der Waals surface area contributed by atoms with Gasteiger partial charge >= 0.3 is 0 Å². The molecule has 0 radical (unpaired) electrons. The highest BCUT2D eigenvalue weighted by Gasteiger charge is 2.07. The van der Waals surface area contributed by atoms with Crippen molar-refractivity contribution in [1.29, 1.82) is 0 Å². The summed E-state index contributed by atoms with van der Waals surface area (Å²) in [5, 5.41) is 3.15. The van der Waals surface area contributed by atoms with Crippen molar-refractivity contribution in [1.82, 2.24) is 5.32 Å². The molecule has 2 aromatic rings. The number of benzene rings is 2. The van der Waals surface area contributed by atoms with Crippen molar-refractivity contribution < 1.29 is 0 Å². The Kier molecular flexibility index (Phi) is 4.00. The zero-order chi connectivity index (χ0) is 13.8. The van der Waals surface area contributed by atoms with E-state index in [4.69, 9.17) is 0 Å². The van der Waals surface area contributed by atoms with E-state index in [0.717, 1.165) is 11.4 Å². The number of rotatable bonds is 2. The molecule has 0 aliphatic rings. The van der Waals surface area contributed by atoms with Crippen molar-refractivity contribution in [2.24, 2.45) is 4.99 Å². The van der Waals surface area contributed by atoms with E-state index in [2.05, 4.69) is 66.6 Å². The first kappa shape index (κ1) is 13.3. The summed E-state index contributed by atoms with van der Waals surface area (Å²) < 4.78 is 0. The van der Waals surface area contributed by atoms with Gasteiger partial charge in [-0.3, -0.25) is 4.99 Å². The molecule has 2 aromatic carbocycles. The van der Waals surface area contributed by atoms with Crippen molar-refractivity contribution >= 4 is 5.84 Å². The van der Waals surface area contributed by atoms with Gasteiger partial charge in [-0.2, -0.15) is 0 Å².